The van der Waals surface area contributed by atoms with Crippen molar-refractivity contribution in [3.05, 3.63) is 65.2 Å². The summed E-state index contributed by atoms with van der Waals surface area (Å²) in [5.41, 5.74) is 7.45. The molecule has 0 fully saturated rings. The van der Waals surface area contributed by atoms with Crippen LogP contribution in [-0.2, 0) is 6.42 Å². The molecule has 0 spiro atoms. The molecule has 2 aromatic carbocycles. The molecule has 0 saturated carbocycles. The Balaban J connectivity index is 2.17. The van der Waals surface area contributed by atoms with Crippen molar-refractivity contribution in [1.29, 1.82) is 0 Å². The number of ether oxygens (including phenoxy) is 1. The zero-order valence-electron chi connectivity index (χ0n) is 10.6. The molecule has 0 aliphatic heterocycles. The van der Waals surface area contributed by atoms with Gasteiger partial charge in [-0.2, -0.15) is 0 Å². The minimum Gasteiger partial charge on any atom is -0.497 e. The summed E-state index contributed by atoms with van der Waals surface area (Å²) in [6.07, 6.45) is 0.363. The molecule has 100 valence electrons. The van der Waals surface area contributed by atoms with Crippen LogP contribution in [0.4, 0.5) is 8.78 Å². The van der Waals surface area contributed by atoms with Crippen LogP contribution < -0.4 is 10.5 Å². The van der Waals surface area contributed by atoms with Crippen LogP contribution >= 0.6 is 0 Å². The molecule has 19 heavy (non-hydrogen) atoms. The SMILES string of the molecule is COc1cccc(C(N)Cc2cc(F)cc(F)c2)c1. The van der Waals surface area contributed by atoms with E-state index in [2.05, 4.69) is 0 Å². The Bertz CT molecular complexity index is 552. The molecule has 1 atom stereocenters. The summed E-state index contributed by atoms with van der Waals surface area (Å²) in [6.45, 7) is 0. The van der Waals surface area contributed by atoms with E-state index in [9.17, 15) is 8.78 Å². The van der Waals surface area contributed by atoms with E-state index in [0.717, 1.165) is 11.6 Å². The Morgan fingerprint density at radius 2 is 1.79 bits per heavy atom. The third-order valence-electron chi connectivity index (χ3n) is 2.90. The van der Waals surface area contributed by atoms with Crippen LogP contribution in [0.5, 0.6) is 5.75 Å². The van der Waals surface area contributed by atoms with E-state index >= 15 is 0 Å². The van der Waals surface area contributed by atoms with Crippen LogP contribution in [0.15, 0.2) is 42.5 Å². The van der Waals surface area contributed by atoms with Crippen LogP contribution in [0, 0.1) is 11.6 Å². The van der Waals surface area contributed by atoms with Gasteiger partial charge >= 0.3 is 0 Å². The van der Waals surface area contributed by atoms with E-state index in [1.54, 1.807) is 7.11 Å². The molecule has 0 aliphatic carbocycles. The van der Waals surface area contributed by atoms with Crippen molar-refractivity contribution >= 4 is 0 Å². The normalized spacial score (nSPS) is 12.2. The van der Waals surface area contributed by atoms with Crippen LogP contribution in [0.25, 0.3) is 0 Å². The highest BCUT2D eigenvalue weighted by Crippen LogP contribution is 2.21. The van der Waals surface area contributed by atoms with Gasteiger partial charge in [-0.3, -0.25) is 0 Å². The van der Waals surface area contributed by atoms with Crippen molar-refractivity contribution < 1.29 is 13.5 Å². The van der Waals surface area contributed by atoms with E-state index in [1.165, 1.54) is 12.1 Å². The lowest BCUT2D eigenvalue weighted by Gasteiger charge is -2.13. The second-order valence-corrected chi connectivity index (χ2v) is 4.36. The third-order valence-corrected chi connectivity index (χ3v) is 2.90. The van der Waals surface area contributed by atoms with Crippen LogP contribution in [0.3, 0.4) is 0 Å². The number of methoxy groups -OCH3 is 1. The molecule has 2 nitrogen and oxygen atoms in total. The van der Waals surface area contributed by atoms with Crippen LogP contribution in [-0.4, -0.2) is 7.11 Å². The zero-order chi connectivity index (χ0) is 13.8. The molecular weight excluding hydrogens is 248 g/mol. The predicted octanol–water partition coefficient (Wildman–Crippen LogP) is 3.22. The minimum atomic E-state index is -0.590. The van der Waals surface area contributed by atoms with Crippen molar-refractivity contribution in [2.75, 3.05) is 7.11 Å². The number of nitrogens with two attached hydrogens (primary N) is 1. The summed E-state index contributed by atoms with van der Waals surface area (Å²) in [7, 11) is 1.58. The summed E-state index contributed by atoms with van der Waals surface area (Å²) in [6, 6.07) is 10.4. The smallest absolute Gasteiger partial charge is 0.126 e. The van der Waals surface area contributed by atoms with Gasteiger partial charge in [-0.05, 0) is 41.8 Å². The van der Waals surface area contributed by atoms with E-state index in [0.29, 0.717) is 17.7 Å². The predicted molar refractivity (Wildman–Crippen MR) is 70.0 cm³/mol. The molecule has 0 bridgehead atoms. The van der Waals surface area contributed by atoms with Gasteiger partial charge in [0.2, 0.25) is 0 Å². The standard InChI is InChI=1S/C15H15F2NO/c1-19-14-4-2-3-11(8-14)15(18)7-10-5-12(16)9-13(17)6-10/h2-6,8-9,15H,7,18H2,1H3. The lowest BCUT2D eigenvalue weighted by atomic mass is 9.99. The number of hydrogen-bond acceptors (Lipinski definition) is 2. The first-order valence-corrected chi connectivity index (χ1v) is 5.93. The molecular formula is C15H15F2NO. The van der Waals surface area contributed by atoms with Gasteiger partial charge in [0, 0.05) is 12.1 Å². The van der Waals surface area contributed by atoms with Gasteiger partial charge in [-0.1, -0.05) is 12.1 Å². The second kappa shape index (κ2) is 5.80. The fraction of sp³-hybridized carbons (Fsp3) is 0.200. The second-order valence-electron chi connectivity index (χ2n) is 4.36. The van der Waals surface area contributed by atoms with Gasteiger partial charge in [0.25, 0.3) is 0 Å². The van der Waals surface area contributed by atoms with E-state index < -0.39 is 11.6 Å². The first-order chi connectivity index (χ1) is 9.08. The first-order valence-electron chi connectivity index (χ1n) is 5.93. The Kier molecular flexibility index (Phi) is 4.12. The zero-order valence-corrected chi connectivity index (χ0v) is 10.6. The molecule has 0 aliphatic rings. The number of halogens is 2. The summed E-state index contributed by atoms with van der Waals surface area (Å²) in [5, 5.41) is 0. The molecule has 0 saturated heterocycles. The van der Waals surface area contributed by atoms with Crippen molar-refractivity contribution in [3.8, 4) is 5.75 Å². The van der Waals surface area contributed by atoms with Gasteiger partial charge in [0.15, 0.2) is 0 Å². The molecule has 2 rings (SSSR count). The van der Waals surface area contributed by atoms with Crippen LogP contribution in [0.1, 0.15) is 17.2 Å². The van der Waals surface area contributed by atoms with Crippen molar-refractivity contribution in [3.63, 3.8) is 0 Å². The molecule has 0 heterocycles. The molecule has 2 aromatic rings. The van der Waals surface area contributed by atoms with Gasteiger partial charge in [0.1, 0.15) is 17.4 Å². The van der Waals surface area contributed by atoms with Crippen molar-refractivity contribution in [2.45, 2.75) is 12.5 Å². The largest absolute Gasteiger partial charge is 0.497 e. The Labute approximate surface area is 110 Å². The minimum absolute atomic E-state index is 0.337. The van der Waals surface area contributed by atoms with Gasteiger partial charge in [-0.25, -0.2) is 8.78 Å². The lowest BCUT2D eigenvalue weighted by molar-refractivity contribution is 0.413. The quantitative estimate of drug-likeness (QED) is 0.919. The number of hydrogen-bond donors (Lipinski definition) is 1. The molecule has 4 heteroatoms. The first kappa shape index (κ1) is 13.5. The maximum atomic E-state index is 13.1. The highest BCUT2D eigenvalue weighted by atomic mass is 19.1. The van der Waals surface area contributed by atoms with Crippen LogP contribution in [0.2, 0.25) is 0 Å². The molecule has 0 aromatic heterocycles. The van der Waals surface area contributed by atoms with Gasteiger partial charge < -0.3 is 10.5 Å². The highest BCUT2D eigenvalue weighted by molar-refractivity contribution is 5.31. The number of rotatable bonds is 4. The Morgan fingerprint density at radius 3 is 2.42 bits per heavy atom. The number of benzene rings is 2. The summed E-state index contributed by atoms with van der Waals surface area (Å²) < 4.78 is 31.3. The summed E-state index contributed by atoms with van der Waals surface area (Å²) in [4.78, 5) is 0. The molecule has 2 N–H and O–H groups in total. The van der Waals surface area contributed by atoms with E-state index in [1.807, 2.05) is 24.3 Å². The maximum absolute atomic E-state index is 13.1. The average molecular weight is 263 g/mol. The highest BCUT2D eigenvalue weighted by Gasteiger charge is 2.10. The monoisotopic (exact) mass is 263 g/mol. The molecule has 0 amide bonds. The van der Waals surface area contributed by atoms with Gasteiger partial charge in [0.05, 0.1) is 7.11 Å². The molecule has 0 radical (unpaired) electrons. The Morgan fingerprint density at radius 1 is 1.11 bits per heavy atom. The fourth-order valence-electron chi connectivity index (χ4n) is 1.97. The summed E-state index contributed by atoms with van der Waals surface area (Å²) in [5.74, 6) is -0.473. The molecule has 1 unspecified atom stereocenters. The summed E-state index contributed by atoms with van der Waals surface area (Å²) >= 11 is 0. The topological polar surface area (TPSA) is 35.2 Å². The van der Waals surface area contributed by atoms with Crippen molar-refractivity contribution in [2.24, 2.45) is 5.73 Å². The van der Waals surface area contributed by atoms with Crippen molar-refractivity contribution in [1.82, 2.24) is 0 Å². The van der Waals surface area contributed by atoms with E-state index in [-0.39, 0.29) is 6.04 Å². The average Bonchev–Trinajstić information content (AvgIpc) is 2.37. The van der Waals surface area contributed by atoms with Gasteiger partial charge in [-0.15, -0.1) is 0 Å². The fourth-order valence-corrected chi connectivity index (χ4v) is 1.97. The van der Waals surface area contributed by atoms with E-state index in [4.69, 9.17) is 10.5 Å². The Hall–Kier alpha value is -1.94. The maximum Gasteiger partial charge on any atom is 0.126 e. The third kappa shape index (κ3) is 3.51. The lowest BCUT2D eigenvalue weighted by Crippen LogP contribution is -2.13.